The molecule has 0 unspecified atom stereocenters. The zero-order chi connectivity index (χ0) is 20.6. The standard InChI is InChI=1S/C22H23N3O4/c26-19(24-20(22(28)29)16-9-3-1-4-10-16)13-5-2-8-14-25-15-23-18-12-7-6-11-17(18)21(25)27/h1,3-4,6-7,9-12,15,20H,2,5,8,13-14H2,(H,24,26)(H,28,29)/p-1/t20-/m0/s1. The number of carboxylic acids is 1. The molecule has 0 aliphatic carbocycles. The minimum Gasteiger partial charge on any atom is -0.548 e. The maximum absolute atomic E-state index is 12.4. The minimum absolute atomic E-state index is 0.0759. The van der Waals surface area contributed by atoms with Gasteiger partial charge in [-0.05, 0) is 30.5 Å². The third-order valence-corrected chi connectivity index (χ3v) is 4.71. The molecule has 7 nitrogen and oxygen atoms in total. The number of para-hydroxylation sites is 1. The Morgan fingerprint density at radius 3 is 2.48 bits per heavy atom. The van der Waals surface area contributed by atoms with Crippen molar-refractivity contribution in [2.45, 2.75) is 38.3 Å². The number of amides is 1. The fourth-order valence-electron chi connectivity index (χ4n) is 3.17. The SMILES string of the molecule is O=C(CCCCCn1cnc2ccccc2c1=O)N[C@H](C(=O)[O-])c1ccccc1. The number of carbonyl (C=O) groups excluding carboxylic acids is 2. The summed E-state index contributed by atoms with van der Waals surface area (Å²) in [6.07, 6.45) is 3.79. The summed E-state index contributed by atoms with van der Waals surface area (Å²) in [4.78, 5) is 40.1. The highest BCUT2D eigenvalue weighted by Crippen LogP contribution is 2.12. The van der Waals surface area contributed by atoms with Crippen molar-refractivity contribution in [1.82, 2.24) is 14.9 Å². The van der Waals surface area contributed by atoms with E-state index >= 15 is 0 Å². The van der Waals surface area contributed by atoms with E-state index in [4.69, 9.17) is 0 Å². The zero-order valence-electron chi connectivity index (χ0n) is 15.9. The molecule has 1 heterocycles. The Labute approximate surface area is 168 Å². The van der Waals surface area contributed by atoms with Gasteiger partial charge in [-0.2, -0.15) is 0 Å². The molecule has 1 atom stereocenters. The van der Waals surface area contributed by atoms with Crippen LogP contribution in [0.2, 0.25) is 0 Å². The van der Waals surface area contributed by atoms with Crippen LogP contribution in [0.1, 0.15) is 37.3 Å². The van der Waals surface area contributed by atoms with Crippen LogP contribution in [0.5, 0.6) is 0 Å². The lowest BCUT2D eigenvalue weighted by atomic mass is 10.1. The van der Waals surface area contributed by atoms with Crippen LogP contribution in [0.4, 0.5) is 0 Å². The van der Waals surface area contributed by atoms with E-state index in [1.165, 1.54) is 0 Å². The van der Waals surface area contributed by atoms with Crippen LogP contribution < -0.4 is 16.0 Å². The molecular formula is C22H22N3O4-. The third-order valence-electron chi connectivity index (χ3n) is 4.71. The van der Waals surface area contributed by atoms with Crippen LogP contribution >= 0.6 is 0 Å². The van der Waals surface area contributed by atoms with Crippen molar-refractivity contribution in [1.29, 1.82) is 0 Å². The molecule has 2 aromatic carbocycles. The average Bonchev–Trinajstić information content (AvgIpc) is 2.74. The second-order valence-corrected chi connectivity index (χ2v) is 6.80. The summed E-state index contributed by atoms with van der Waals surface area (Å²) < 4.78 is 1.57. The number of fused-ring (bicyclic) bond motifs is 1. The largest absolute Gasteiger partial charge is 0.548 e. The van der Waals surface area contributed by atoms with Gasteiger partial charge in [0.25, 0.3) is 5.56 Å². The second kappa shape index (κ2) is 9.64. The summed E-state index contributed by atoms with van der Waals surface area (Å²) in [5.74, 6) is -1.68. The van der Waals surface area contributed by atoms with Crippen molar-refractivity contribution < 1.29 is 14.7 Å². The predicted molar refractivity (Wildman–Crippen MR) is 107 cm³/mol. The lowest BCUT2D eigenvalue weighted by molar-refractivity contribution is -0.308. The molecule has 0 bridgehead atoms. The highest BCUT2D eigenvalue weighted by atomic mass is 16.4. The maximum Gasteiger partial charge on any atom is 0.261 e. The van der Waals surface area contributed by atoms with Crippen molar-refractivity contribution >= 4 is 22.8 Å². The number of carboxylic acid groups (broad SMARTS) is 1. The van der Waals surface area contributed by atoms with E-state index in [1.807, 2.05) is 12.1 Å². The Bertz CT molecular complexity index is 1050. The Kier molecular flexibility index (Phi) is 6.73. The van der Waals surface area contributed by atoms with Crippen molar-refractivity contribution in [3.63, 3.8) is 0 Å². The lowest BCUT2D eigenvalue weighted by Gasteiger charge is -2.20. The monoisotopic (exact) mass is 392 g/mol. The molecular weight excluding hydrogens is 370 g/mol. The summed E-state index contributed by atoms with van der Waals surface area (Å²) >= 11 is 0. The number of unbranched alkanes of at least 4 members (excludes halogenated alkanes) is 2. The van der Waals surface area contributed by atoms with Crippen LogP contribution in [0, 0.1) is 0 Å². The van der Waals surface area contributed by atoms with Gasteiger partial charge in [0.1, 0.15) is 0 Å². The fourth-order valence-corrected chi connectivity index (χ4v) is 3.17. The lowest BCUT2D eigenvalue weighted by Crippen LogP contribution is -2.41. The number of nitrogens with one attached hydrogen (secondary N) is 1. The van der Waals surface area contributed by atoms with Gasteiger partial charge in [-0.1, -0.05) is 48.9 Å². The predicted octanol–water partition coefficient (Wildman–Crippen LogP) is 1.56. The fraction of sp³-hybridized carbons (Fsp3) is 0.273. The van der Waals surface area contributed by atoms with Gasteiger partial charge < -0.3 is 15.2 Å². The normalized spacial score (nSPS) is 11.9. The Morgan fingerprint density at radius 2 is 1.72 bits per heavy atom. The van der Waals surface area contributed by atoms with Gasteiger partial charge >= 0.3 is 0 Å². The first-order valence-electron chi connectivity index (χ1n) is 9.55. The molecule has 0 radical (unpaired) electrons. The first-order valence-corrected chi connectivity index (χ1v) is 9.55. The number of hydrogen-bond acceptors (Lipinski definition) is 5. The molecule has 3 rings (SSSR count). The van der Waals surface area contributed by atoms with Crippen LogP contribution in [0.25, 0.3) is 10.9 Å². The number of benzene rings is 2. The topological polar surface area (TPSA) is 104 Å². The quantitative estimate of drug-likeness (QED) is 0.557. The van der Waals surface area contributed by atoms with Crippen LogP contribution in [0.15, 0.2) is 65.7 Å². The van der Waals surface area contributed by atoms with Gasteiger partial charge in [-0.25, -0.2) is 4.98 Å². The molecule has 7 heteroatoms. The molecule has 3 aromatic rings. The molecule has 0 fully saturated rings. The van der Waals surface area contributed by atoms with E-state index in [-0.39, 0.29) is 17.9 Å². The number of nitrogens with zero attached hydrogens (tertiary/aromatic N) is 2. The molecule has 150 valence electrons. The van der Waals surface area contributed by atoms with Crippen molar-refractivity contribution in [3.8, 4) is 0 Å². The molecule has 1 aromatic heterocycles. The molecule has 0 spiro atoms. The van der Waals surface area contributed by atoms with Gasteiger partial charge in [-0.15, -0.1) is 0 Å². The summed E-state index contributed by atoms with van der Waals surface area (Å²) in [5, 5.41) is 14.4. The van der Waals surface area contributed by atoms with Gasteiger partial charge in [0.15, 0.2) is 0 Å². The highest BCUT2D eigenvalue weighted by molar-refractivity contribution is 5.83. The molecule has 1 N–H and O–H groups in total. The van der Waals surface area contributed by atoms with E-state index in [9.17, 15) is 19.5 Å². The van der Waals surface area contributed by atoms with E-state index < -0.39 is 12.0 Å². The van der Waals surface area contributed by atoms with Crippen LogP contribution in [0.3, 0.4) is 0 Å². The molecule has 1 amide bonds. The summed E-state index contributed by atoms with van der Waals surface area (Å²) in [6, 6.07) is 14.5. The molecule has 0 saturated heterocycles. The Balaban J connectivity index is 1.46. The number of aryl methyl sites for hydroxylation is 1. The molecule has 0 aliphatic heterocycles. The smallest absolute Gasteiger partial charge is 0.261 e. The van der Waals surface area contributed by atoms with Gasteiger partial charge in [0.2, 0.25) is 5.91 Å². The van der Waals surface area contributed by atoms with Gasteiger partial charge in [-0.3, -0.25) is 14.2 Å². The van der Waals surface area contributed by atoms with Gasteiger partial charge in [0, 0.05) is 13.0 Å². The van der Waals surface area contributed by atoms with E-state index in [0.29, 0.717) is 29.4 Å². The number of aliphatic carboxylic acids is 1. The maximum atomic E-state index is 12.4. The number of rotatable bonds is 9. The minimum atomic E-state index is -1.34. The molecule has 0 aliphatic rings. The Morgan fingerprint density at radius 1 is 1.00 bits per heavy atom. The molecule has 0 saturated carbocycles. The van der Waals surface area contributed by atoms with E-state index in [2.05, 4.69) is 10.3 Å². The van der Waals surface area contributed by atoms with Crippen LogP contribution in [-0.2, 0) is 16.1 Å². The number of aromatic nitrogens is 2. The van der Waals surface area contributed by atoms with E-state index in [1.54, 1.807) is 53.4 Å². The molecule has 29 heavy (non-hydrogen) atoms. The number of hydrogen-bond donors (Lipinski definition) is 1. The highest BCUT2D eigenvalue weighted by Gasteiger charge is 2.15. The summed E-state index contributed by atoms with van der Waals surface area (Å²) in [6.45, 7) is 0.518. The average molecular weight is 392 g/mol. The van der Waals surface area contributed by atoms with Crippen LogP contribution in [-0.4, -0.2) is 21.4 Å². The summed E-state index contributed by atoms with van der Waals surface area (Å²) in [5.41, 5.74) is 1.07. The van der Waals surface area contributed by atoms with Gasteiger partial charge in [0.05, 0.1) is 29.2 Å². The van der Waals surface area contributed by atoms with Crippen molar-refractivity contribution in [2.24, 2.45) is 0 Å². The Hall–Kier alpha value is -3.48. The van der Waals surface area contributed by atoms with Crippen molar-refractivity contribution in [2.75, 3.05) is 0 Å². The third kappa shape index (κ3) is 5.28. The second-order valence-electron chi connectivity index (χ2n) is 6.80. The first kappa shape index (κ1) is 20.3. The first-order chi connectivity index (χ1) is 14.1. The van der Waals surface area contributed by atoms with E-state index in [0.717, 1.165) is 12.8 Å². The number of carbonyl (C=O) groups is 2. The van der Waals surface area contributed by atoms with Crippen molar-refractivity contribution in [3.05, 3.63) is 76.8 Å². The zero-order valence-corrected chi connectivity index (χ0v) is 15.9. The summed E-state index contributed by atoms with van der Waals surface area (Å²) in [7, 11) is 0.